The molecule has 0 saturated heterocycles. The Morgan fingerprint density at radius 2 is 2.00 bits per heavy atom. The van der Waals surface area contributed by atoms with Crippen LogP contribution in [0.2, 0.25) is 0 Å². The summed E-state index contributed by atoms with van der Waals surface area (Å²) in [4.78, 5) is 0. The Kier molecular flexibility index (Phi) is 4.08. The molecule has 0 heterocycles. The summed E-state index contributed by atoms with van der Waals surface area (Å²) in [5, 5.41) is 0. The van der Waals surface area contributed by atoms with Crippen LogP contribution >= 0.6 is 0 Å². The van der Waals surface area contributed by atoms with E-state index in [0.717, 1.165) is 18.6 Å². The van der Waals surface area contributed by atoms with Crippen molar-refractivity contribution in [2.24, 2.45) is 0 Å². The monoisotopic (exact) mass is 174 g/mol. The minimum Gasteiger partial charge on any atom is -0.377 e. The summed E-state index contributed by atoms with van der Waals surface area (Å²) in [5.74, 6) is 2.58. The quantitative estimate of drug-likeness (QED) is 0.503. The van der Waals surface area contributed by atoms with E-state index >= 15 is 0 Å². The molecule has 0 saturated carbocycles. The second kappa shape index (κ2) is 5.40. The molecule has 0 unspecified atom stereocenters. The van der Waals surface area contributed by atoms with Crippen LogP contribution in [0.5, 0.6) is 0 Å². The van der Waals surface area contributed by atoms with E-state index in [1.165, 1.54) is 5.56 Å². The minimum atomic E-state index is 0.679. The normalized spacial score (nSPS) is 9.54. The molecule has 68 valence electrons. The van der Waals surface area contributed by atoms with Crippen LogP contribution in [0.3, 0.4) is 0 Å². The zero-order valence-corrected chi connectivity index (χ0v) is 7.92. The third-order valence-electron chi connectivity index (χ3n) is 1.74. The molecule has 1 nitrogen and oxygen atoms in total. The van der Waals surface area contributed by atoms with Gasteiger partial charge in [0.25, 0.3) is 0 Å². The minimum absolute atomic E-state index is 0.679. The first-order chi connectivity index (χ1) is 6.36. The molecule has 0 aliphatic heterocycles. The van der Waals surface area contributed by atoms with Crippen molar-refractivity contribution >= 4 is 0 Å². The fraction of sp³-hybridized carbons (Fsp3) is 0.333. The average molecular weight is 174 g/mol. The molecular weight excluding hydrogens is 160 g/mol. The maximum atomic E-state index is 5.39. The van der Waals surface area contributed by atoms with Crippen LogP contribution in [0.25, 0.3) is 0 Å². The van der Waals surface area contributed by atoms with Gasteiger partial charge in [-0.2, -0.15) is 0 Å². The lowest BCUT2D eigenvalue weighted by Crippen LogP contribution is -1.93. The number of benzene rings is 1. The Hall–Kier alpha value is -1.26. The van der Waals surface area contributed by atoms with Crippen LogP contribution in [0.4, 0.5) is 0 Å². The van der Waals surface area contributed by atoms with Crippen molar-refractivity contribution in [1.82, 2.24) is 0 Å². The summed E-state index contributed by atoms with van der Waals surface area (Å²) in [6.07, 6.45) is 6.30. The van der Waals surface area contributed by atoms with Gasteiger partial charge in [0.05, 0.1) is 6.61 Å². The first-order valence-electron chi connectivity index (χ1n) is 4.50. The predicted molar refractivity (Wildman–Crippen MR) is 54.3 cm³/mol. The van der Waals surface area contributed by atoms with Crippen molar-refractivity contribution in [3.63, 3.8) is 0 Å². The van der Waals surface area contributed by atoms with Gasteiger partial charge in [-0.3, -0.25) is 0 Å². The zero-order chi connectivity index (χ0) is 9.52. The van der Waals surface area contributed by atoms with Gasteiger partial charge in [-0.05, 0) is 24.1 Å². The predicted octanol–water partition coefficient (Wildman–Crippen LogP) is 2.59. The van der Waals surface area contributed by atoms with Crippen LogP contribution in [0.1, 0.15) is 24.5 Å². The van der Waals surface area contributed by atoms with Gasteiger partial charge in [-0.15, -0.1) is 6.42 Å². The molecule has 0 radical (unpaired) electrons. The summed E-state index contributed by atoms with van der Waals surface area (Å²) in [6, 6.07) is 7.88. The maximum Gasteiger partial charge on any atom is 0.0716 e. The summed E-state index contributed by atoms with van der Waals surface area (Å²) in [6.45, 7) is 3.59. The Labute approximate surface area is 79.7 Å². The molecule has 1 aromatic rings. The molecule has 1 rings (SSSR count). The van der Waals surface area contributed by atoms with Crippen molar-refractivity contribution < 1.29 is 4.74 Å². The molecule has 0 bridgehead atoms. The lowest BCUT2D eigenvalue weighted by atomic mass is 10.1. The van der Waals surface area contributed by atoms with Crippen molar-refractivity contribution in [2.45, 2.75) is 20.0 Å². The number of terminal acetylenes is 1. The Bertz CT molecular complexity index is 279. The molecule has 0 aliphatic carbocycles. The molecule has 1 aromatic carbocycles. The number of rotatable bonds is 4. The standard InChI is InChI=1S/C12H14O/c1-3-9-13-10-12-7-5-11(4-2)6-8-12/h2,5-8H,3,9-10H2,1H3. The van der Waals surface area contributed by atoms with E-state index in [9.17, 15) is 0 Å². The average Bonchev–Trinajstić information content (AvgIpc) is 2.19. The van der Waals surface area contributed by atoms with Gasteiger partial charge in [0.2, 0.25) is 0 Å². The van der Waals surface area contributed by atoms with Crippen molar-refractivity contribution in [1.29, 1.82) is 0 Å². The fourth-order valence-electron chi connectivity index (χ4n) is 1.03. The van der Waals surface area contributed by atoms with Crippen molar-refractivity contribution in [2.75, 3.05) is 6.61 Å². The molecule has 0 aromatic heterocycles. The lowest BCUT2D eigenvalue weighted by Gasteiger charge is -2.02. The molecule has 1 heteroatoms. The number of hydrogen-bond acceptors (Lipinski definition) is 1. The van der Waals surface area contributed by atoms with Gasteiger partial charge in [0, 0.05) is 12.2 Å². The van der Waals surface area contributed by atoms with Crippen molar-refractivity contribution in [3.05, 3.63) is 35.4 Å². The van der Waals surface area contributed by atoms with E-state index < -0.39 is 0 Å². The van der Waals surface area contributed by atoms with Crippen LogP contribution in [0.15, 0.2) is 24.3 Å². The van der Waals surface area contributed by atoms with E-state index in [1.54, 1.807) is 0 Å². The second-order valence-corrected chi connectivity index (χ2v) is 2.89. The van der Waals surface area contributed by atoms with E-state index in [2.05, 4.69) is 12.8 Å². The van der Waals surface area contributed by atoms with E-state index in [-0.39, 0.29) is 0 Å². The number of hydrogen-bond donors (Lipinski definition) is 0. The van der Waals surface area contributed by atoms with Crippen LogP contribution in [0, 0.1) is 12.3 Å². The maximum absolute atomic E-state index is 5.39. The third-order valence-corrected chi connectivity index (χ3v) is 1.74. The van der Waals surface area contributed by atoms with Crippen molar-refractivity contribution in [3.8, 4) is 12.3 Å². The smallest absolute Gasteiger partial charge is 0.0716 e. The molecule has 0 fully saturated rings. The highest BCUT2D eigenvalue weighted by Gasteiger charge is 1.92. The van der Waals surface area contributed by atoms with Crippen LogP contribution in [-0.2, 0) is 11.3 Å². The molecule has 0 amide bonds. The first kappa shape index (κ1) is 9.83. The molecule has 13 heavy (non-hydrogen) atoms. The summed E-state index contributed by atoms with van der Waals surface area (Å²) in [5.41, 5.74) is 2.09. The lowest BCUT2D eigenvalue weighted by molar-refractivity contribution is 0.121. The molecule has 0 atom stereocenters. The molecule has 0 spiro atoms. The van der Waals surface area contributed by atoms with Gasteiger partial charge < -0.3 is 4.74 Å². The largest absolute Gasteiger partial charge is 0.377 e. The summed E-state index contributed by atoms with van der Waals surface area (Å²) >= 11 is 0. The Morgan fingerprint density at radius 1 is 1.31 bits per heavy atom. The molecule has 0 aliphatic rings. The van der Waals surface area contributed by atoms with Gasteiger partial charge in [0.15, 0.2) is 0 Å². The second-order valence-electron chi connectivity index (χ2n) is 2.89. The first-order valence-corrected chi connectivity index (χ1v) is 4.50. The highest BCUT2D eigenvalue weighted by Crippen LogP contribution is 2.04. The SMILES string of the molecule is C#Cc1ccc(COCCC)cc1. The Balaban J connectivity index is 2.46. The van der Waals surface area contributed by atoms with Crippen LogP contribution < -0.4 is 0 Å². The zero-order valence-electron chi connectivity index (χ0n) is 7.92. The number of ether oxygens (including phenoxy) is 1. The Morgan fingerprint density at radius 3 is 2.54 bits per heavy atom. The van der Waals surface area contributed by atoms with Gasteiger partial charge in [-0.25, -0.2) is 0 Å². The highest BCUT2D eigenvalue weighted by atomic mass is 16.5. The summed E-state index contributed by atoms with van der Waals surface area (Å²) in [7, 11) is 0. The highest BCUT2D eigenvalue weighted by molar-refractivity contribution is 5.33. The topological polar surface area (TPSA) is 9.23 Å². The van der Waals surface area contributed by atoms with Crippen LogP contribution in [-0.4, -0.2) is 6.61 Å². The van der Waals surface area contributed by atoms with E-state index in [0.29, 0.717) is 6.61 Å². The molecule has 0 N–H and O–H groups in total. The molecular formula is C12H14O. The van der Waals surface area contributed by atoms with E-state index in [1.807, 2.05) is 24.3 Å². The third kappa shape index (κ3) is 3.31. The van der Waals surface area contributed by atoms with Gasteiger partial charge in [0.1, 0.15) is 0 Å². The van der Waals surface area contributed by atoms with Gasteiger partial charge in [-0.1, -0.05) is 25.0 Å². The van der Waals surface area contributed by atoms with Gasteiger partial charge >= 0.3 is 0 Å². The van der Waals surface area contributed by atoms with E-state index in [4.69, 9.17) is 11.2 Å². The fourth-order valence-corrected chi connectivity index (χ4v) is 1.03. The summed E-state index contributed by atoms with van der Waals surface area (Å²) < 4.78 is 5.39.